The van der Waals surface area contributed by atoms with Crippen LogP contribution in [0, 0.1) is 0 Å². The molecule has 1 atom stereocenters. The number of nitrogens with zero attached hydrogens (tertiary/aromatic N) is 2. The standard InChI is InChI=1S/C28H29Cl4N3O4S/c1-3-4-16-33-28(37)19(2)34(17-21-22(29)12-8-13-23(21)30)26(36)18-35(25-15-9-14-24(31)27(25)32)40(38,39)20-10-6-5-7-11-20/h5-15,19H,3-4,16-18H2,1-2H3,(H,33,37). The Labute approximate surface area is 255 Å². The number of benzene rings is 3. The third kappa shape index (κ3) is 7.62. The Morgan fingerprint density at radius 2 is 1.48 bits per heavy atom. The highest BCUT2D eigenvalue weighted by atomic mass is 35.5. The first-order valence-electron chi connectivity index (χ1n) is 12.5. The van der Waals surface area contributed by atoms with Crippen molar-refractivity contribution >= 4 is 73.9 Å². The van der Waals surface area contributed by atoms with Crippen LogP contribution in [0.4, 0.5) is 5.69 Å². The van der Waals surface area contributed by atoms with E-state index in [2.05, 4.69) is 5.32 Å². The largest absolute Gasteiger partial charge is 0.354 e. The van der Waals surface area contributed by atoms with Gasteiger partial charge >= 0.3 is 0 Å². The van der Waals surface area contributed by atoms with Crippen LogP contribution in [0.1, 0.15) is 32.3 Å². The summed E-state index contributed by atoms with van der Waals surface area (Å²) in [5.41, 5.74) is 0.438. The molecule has 7 nitrogen and oxygen atoms in total. The summed E-state index contributed by atoms with van der Waals surface area (Å²) in [6, 6.07) is 16.1. The molecule has 0 aromatic heterocycles. The number of carbonyl (C=O) groups excluding carboxylic acids is 2. The lowest BCUT2D eigenvalue weighted by Gasteiger charge is -2.32. The highest BCUT2D eigenvalue weighted by molar-refractivity contribution is 7.92. The van der Waals surface area contributed by atoms with Crippen molar-refractivity contribution in [1.29, 1.82) is 0 Å². The molecule has 0 aliphatic heterocycles. The van der Waals surface area contributed by atoms with Gasteiger partial charge in [0.15, 0.2) is 0 Å². The maximum atomic E-state index is 14.0. The van der Waals surface area contributed by atoms with Crippen molar-refractivity contribution in [3.63, 3.8) is 0 Å². The second kappa shape index (κ2) is 14.4. The number of rotatable bonds is 12. The number of halogens is 4. The van der Waals surface area contributed by atoms with Crippen LogP contribution in [0.5, 0.6) is 0 Å². The fourth-order valence-electron chi connectivity index (χ4n) is 3.89. The van der Waals surface area contributed by atoms with E-state index in [0.717, 1.165) is 17.1 Å². The normalized spacial score (nSPS) is 12.1. The quantitative estimate of drug-likeness (QED) is 0.219. The predicted octanol–water partition coefficient (Wildman–Crippen LogP) is 6.83. The summed E-state index contributed by atoms with van der Waals surface area (Å²) in [4.78, 5) is 28.2. The maximum absolute atomic E-state index is 14.0. The van der Waals surface area contributed by atoms with Crippen LogP contribution in [0.2, 0.25) is 20.1 Å². The molecule has 1 N–H and O–H groups in total. The molecule has 214 valence electrons. The number of nitrogens with one attached hydrogen (secondary N) is 1. The lowest BCUT2D eigenvalue weighted by Crippen LogP contribution is -2.51. The molecule has 3 aromatic rings. The molecule has 0 fully saturated rings. The Bertz CT molecular complexity index is 1430. The Morgan fingerprint density at radius 1 is 0.875 bits per heavy atom. The number of hydrogen-bond acceptors (Lipinski definition) is 4. The molecule has 0 heterocycles. The Kier molecular flexibility index (Phi) is 11.5. The van der Waals surface area contributed by atoms with E-state index in [1.165, 1.54) is 35.2 Å². The van der Waals surface area contributed by atoms with Gasteiger partial charge in [0.25, 0.3) is 10.0 Å². The van der Waals surface area contributed by atoms with Crippen LogP contribution in [0.3, 0.4) is 0 Å². The zero-order chi connectivity index (χ0) is 29.4. The van der Waals surface area contributed by atoms with Crippen LogP contribution in [-0.2, 0) is 26.2 Å². The Hall–Kier alpha value is -2.49. The summed E-state index contributed by atoms with van der Waals surface area (Å²) < 4.78 is 28.6. The minimum Gasteiger partial charge on any atom is -0.354 e. The van der Waals surface area contributed by atoms with E-state index in [-0.39, 0.29) is 27.2 Å². The van der Waals surface area contributed by atoms with Crippen LogP contribution in [0.15, 0.2) is 71.6 Å². The molecule has 0 radical (unpaired) electrons. The zero-order valence-corrected chi connectivity index (χ0v) is 25.8. The van der Waals surface area contributed by atoms with Gasteiger partial charge in [0.1, 0.15) is 12.6 Å². The fourth-order valence-corrected chi connectivity index (χ4v) is 6.30. The Morgan fingerprint density at radius 3 is 2.10 bits per heavy atom. The van der Waals surface area contributed by atoms with E-state index < -0.39 is 34.4 Å². The SMILES string of the molecule is CCCCNC(=O)C(C)N(Cc1c(Cl)cccc1Cl)C(=O)CN(c1cccc(Cl)c1Cl)S(=O)(=O)c1ccccc1. The average molecular weight is 645 g/mol. The number of amides is 2. The highest BCUT2D eigenvalue weighted by Crippen LogP contribution is 2.36. The van der Waals surface area contributed by atoms with Gasteiger partial charge in [-0.1, -0.05) is 90.1 Å². The van der Waals surface area contributed by atoms with Crippen LogP contribution < -0.4 is 9.62 Å². The molecule has 3 aromatic carbocycles. The summed E-state index contributed by atoms with van der Waals surface area (Å²) in [6.07, 6.45) is 1.64. The Balaban J connectivity index is 2.07. The van der Waals surface area contributed by atoms with E-state index in [9.17, 15) is 18.0 Å². The van der Waals surface area contributed by atoms with Crippen molar-refractivity contribution in [3.05, 3.63) is 92.4 Å². The molecule has 2 amide bonds. The molecule has 12 heteroatoms. The lowest BCUT2D eigenvalue weighted by atomic mass is 10.1. The van der Waals surface area contributed by atoms with Crippen molar-refractivity contribution in [2.24, 2.45) is 0 Å². The van der Waals surface area contributed by atoms with E-state index in [4.69, 9.17) is 46.4 Å². The molecule has 0 aliphatic rings. The number of hydrogen-bond donors (Lipinski definition) is 1. The van der Waals surface area contributed by atoms with Crippen molar-refractivity contribution in [2.45, 2.75) is 44.2 Å². The van der Waals surface area contributed by atoms with Gasteiger partial charge in [0, 0.05) is 28.7 Å². The second-order valence-corrected chi connectivity index (χ2v) is 12.4. The molecule has 0 spiro atoms. The molecule has 3 rings (SSSR count). The predicted molar refractivity (Wildman–Crippen MR) is 162 cm³/mol. The van der Waals surface area contributed by atoms with Gasteiger partial charge in [0.05, 0.1) is 20.6 Å². The summed E-state index contributed by atoms with van der Waals surface area (Å²) in [5, 5.41) is 3.50. The first kappa shape index (κ1) is 32.0. The van der Waals surface area contributed by atoms with Gasteiger partial charge in [-0.25, -0.2) is 8.42 Å². The number of sulfonamides is 1. The minimum absolute atomic E-state index is 0.0159. The van der Waals surface area contributed by atoms with E-state index in [1.807, 2.05) is 6.92 Å². The fraction of sp³-hybridized carbons (Fsp3) is 0.286. The first-order chi connectivity index (χ1) is 19.0. The van der Waals surface area contributed by atoms with Gasteiger partial charge in [-0.15, -0.1) is 0 Å². The van der Waals surface area contributed by atoms with Crippen LogP contribution in [-0.4, -0.2) is 44.3 Å². The molecule has 0 saturated heterocycles. The summed E-state index contributed by atoms with van der Waals surface area (Å²) >= 11 is 25.4. The van der Waals surface area contributed by atoms with Gasteiger partial charge in [-0.3, -0.25) is 13.9 Å². The second-order valence-electron chi connectivity index (χ2n) is 8.94. The molecule has 40 heavy (non-hydrogen) atoms. The average Bonchev–Trinajstić information content (AvgIpc) is 2.93. The molecule has 0 bridgehead atoms. The zero-order valence-electron chi connectivity index (χ0n) is 21.9. The summed E-state index contributed by atoms with van der Waals surface area (Å²) in [6.45, 7) is 3.18. The van der Waals surface area contributed by atoms with Gasteiger partial charge in [0.2, 0.25) is 11.8 Å². The first-order valence-corrected chi connectivity index (χ1v) is 15.5. The van der Waals surface area contributed by atoms with Crippen molar-refractivity contribution in [3.8, 4) is 0 Å². The minimum atomic E-state index is -4.28. The van der Waals surface area contributed by atoms with E-state index in [1.54, 1.807) is 43.3 Å². The maximum Gasteiger partial charge on any atom is 0.264 e. The molecular weight excluding hydrogens is 616 g/mol. The van der Waals surface area contributed by atoms with Crippen LogP contribution >= 0.6 is 46.4 Å². The van der Waals surface area contributed by atoms with E-state index in [0.29, 0.717) is 22.2 Å². The highest BCUT2D eigenvalue weighted by Gasteiger charge is 2.34. The van der Waals surface area contributed by atoms with Gasteiger partial charge in [-0.05, 0) is 49.7 Å². The summed E-state index contributed by atoms with van der Waals surface area (Å²) in [5.74, 6) is -1.08. The third-order valence-electron chi connectivity index (χ3n) is 6.20. The van der Waals surface area contributed by atoms with E-state index >= 15 is 0 Å². The molecule has 0 aliphatic carbocycles. The number of unbranched alkanes of at least 4 members (excludes halogenated alkanes) is 1. The van der Waals surface area contributed by atoms with Gasteiger partial charge in [-0.2, -0.15) is 0 Å². The smallest absolute Gasteiger partial charge is 0.264 e. The lowest BCUT2D eigenvalue weighted by molar-refractivity contribution is -0.139. The van der Waals surface area contributed by atoms with Crippen LogP contribution in [0.25, 0.3) is 0 Å². The van der Waals surface area contributed by atoms with Gasteiger partial charge < -0.3 is 10.2 Å². The summed E-state index contributed by atoms with van der Waals surface area (Å²) in [7, 11) is -4.28. The molecule has 1 unspecified atom stereocenters. The third-order valence-corrected chi connectivity index (χ3v) is 9.49. The van der Waals surface area contributed by atoms with Crippen molar-refractivity contribution in [1.82, 2.24) is 10.2 Å². The number of anilines is 1. The van der Waals surface area contributed by atoms with Crippen molar-refractivity contribution in [2.75, 3.05) is 17.4 Å². The van der Waals surface area contributed by atoms with Crippen molar-refractivity contribution < 1.29 is 18.0 Å². The monoisotopic (exact) mass is 643 g/mol. The molecular formula is C28H29Cl4N3O4S. The number of carbonyl (C=O) groups is 2. The topological polar surface area (TPSA) is 86.8 Å². The molecule has 0 saturated carbocycles.